The van der Waals surface area contributed by atoms with Gasteiger partial charge in [0.15, 0.2) is 16.9 Å². The summed E-state index contributed by atoms with van der Waals surface area (Å²) in [6.45, 7) is 6.74. The summed E-state index contributed by atoms with van der Waals surface area (Å²) in [7, 11) is 1.27. The molecule has 3 unspecified atom stereocenters. The number of aromatic nitrogens is 2. The Labute approximate surface area is 365 Å². The zero-order valence-electron chi connectivity index (χ0n) is 33.3. The van der Waals surface area contributed by atoms with Gasteiger partial charge in [-0.2, -0.15) is 11.8 Å². The summed E-state index contributed by atoms with van der Waals surface area (Å²) < 4.78 is 12.1. The Morgan fingerprint density at radius 3 is 2.38 bits per heavy atom. The predicted molar refractivity (Wildman–Crippen MR) is 232 cm³/mol. The molecule has 314 valence electrons. The first kappa shape index (κ1) is 43.0. The SMILES string of the molecule is CON=C(C(=O)NC1C(=O)N2C(C(=O)OC(c3ccccc3)c3ccccc3)=C(Sc3cccnc3CSC3CCN(C(=O)OC(C)(C)C)C3)CCC12)c1nc(N)sc1Cl. The summed E-state index contributed by atoms with van der Waals surface area (Å²) in [6.07, 6.45) is 2.30. The number of pyridine rings is 1. The first-order valence-corrected chi connectivity index (χ1v) is 22.3. The average molecular weight is 891 g/mol. The highest BCUT2D eigenvalue weighted by atomic mass is 35.5. The zero-order valence-corrected chi connectivity index (χ0v) is 36.5. The number of oxime groups is 1. The van der Waals surface area contributed by atoms with E-state index in [2.05, 4.69) is 15.5 Å². The molecule has 0 saturated carbocycles. The van der Waals surface area contributed by atoms with E-state index in [-0.39, 0.29) is 37.9 Å². The van der Waals surface area contributed by atoms with Crippen molar-refractivity contribution in [2.75, 3.05) is 25.9 Å². The summed E-state index contributed by atoms with van der Waals surface area (Å²) in [5.41, 5.74) is 7.48. The van der Waals surface area contributed by atoms with Crippen LogP contribution in [0.1, 0.15) is 68.7 Å². The number of thiazole rings is 1. The number of esters is 1. The molecular formula is C42H44ClN7O7S3. The highest BCUT2D eigenvalue weighted by Gasteiger charge is 2.54. The summed E-state index contributed by atoms with van der Waals surface area (Å²) >= 11 is 10.4. The quantitative estimate of drug-likeness (QED) is 0.0599. The Kier molecular flexibility index (Phi) is 13.4. The van der Waals surface area contributed by atoms with Crippen LogP contribution in [0.2, 0.25) is 4.34 Å². The Hall–Kier alpha value is -5.10. The number of benzene rings is 2. The fourth-order valence-corrected chi connectivity index (χ4v) is 10.5. The molecule has 2 aromatic carbocycles. The third kappa shape index (κ3) is 9.75. The molecule has 14 nitrogen and oxygen atoms in total. The maximum Gasteiger partial charge on any atom is 0.410 e. The van der Waals surface area contributed by atoms with Crippen LogP contribution < -0.4 is 11.1 Å². The normalized spacial score (nSPS) is 19.2. The van der Waals surface area contributed by atoms with Gasteiger partial charge in [-0.15, -0.1) is 0 Å². The average Bonchev–Trinajstić information content (AvgIpc) is 3.85. The van der Waals surface area contributed by atoms with E-state index < -0.39 is 41.6 Å². The lowest BCUT2D eigenvalue weighted by atomic mass is 9.86. The van der Waals surface area contributed by atoms with Crippen LogP contribution in [0.5, 0.6) is 0 Å². The van der Waals surface area contributed by atoms with E-state index in [9.17, 15) is 19.2 Å². The summed E-state index contributed by atoms with van der Waals surface area (Å²) in [5, 5.41) is 6.93. The van der Waals surface area contributed by atoms with E-state index >= 15 is 0 Å². The van der Waals surface area contributed by atoms with Crippen LogP contribution in [0.25, 0.3) is 0 Å². The maximum atomic E-state index is 14.7. The number of likely N-dealkylation sites (tertiary alicyclic amines) is 1. The number of nitrogen functional groups attached to an aromatic ring is 1. The lowest BCUT2D eigenvalue weighted by Gasteiger charge is -2.50. The predicted octanol–water partition coefficient (Wildman–Crippen LogP) is 7.19. The zero-order chi connectivity index (χ0) is 42.6. The topological polar surface area (TPSA) is 179 Å². The molecule has 3 aliphatic heterocycles. The second-order valence-corrected chi connectivity index (χ2v) is 19.2. The number of fused-ring (bicyclic) bond motifs is 1. The molecule has 18 heteroatoms. The molecule has 3 amide bonds. The number of rotatable bonds is 13. The van der Waals surface area contributed by atoms with Crippen LogP contribution in [-0.2, 0) is 34.4 Å². The molecule has 3 aliphatic rings. The van der Waals surface area contributed by atoms with Gasteiger partial charge in [0, 0.05) is 40.1 Å². The molecule has 3 atom stereocenters. The first-order chi connectivity index (χ1) is 28.8. The molecule has 0 bridgehead atoms. The number of halogens is 1. The minimum atomic E-state index is -0.986. The van der Waals surface area contributed by atoms with Gasteiger partial charge in [-0.05, 0) is 63.3 Å². The number of thioether (sulfide) groups is 2. The van der Waals surface area contributed by atoms with Gasteiger partial charge in [0.05, 0.1) is 11.7 Å². The molecule has 2 fully saturated rings. The minimum Gasteiger partial charge on any atom is -0.448 e. The van der Waals surface area contributed by atoms with E-state index in [1.807, 2.05) is 93.6 Å². The van der Waals surface area contributed by atoms with Gasteiger partial charge in [0.2, 0.25) is 0 Å². The molecule has 0 aliphatic carbocycles. The van der Waals surface area contributed by atoms with Gasteiger partial charge in [0.1, 0.15) is 34.5 Å². The van der Waals surface area contributed by atoms with Crippen molar-refractivity contribution in [2.45, 2.75) is 79.7 Å². The number of ether oxygens (including phenoxy) is 2. The van der Waals surface area contributed by atoms with Crippen molar-refractivity contribution in [3.63, 3.8) is 0 Å². The number of hydrogen-bond acceptors (Lipinski definition) is 14. The fraction of sp³-hybridized carbons (Fsp3) is 0.357. The van der Waals surface area contributed by atoms with Crippen LogP contribution in [0.3, 0.4) is 0 Å². The molecule has 3 N–H and O–H groups in total. The molecule has 7 rings (SSSR count). The third-order valence-corrected chi connectivity index (χ3v) is 13.5. The standard InChI is InChI=1S/C42H44ClN7O7S3/c1-42(2,3)57-41(54)49-21-19-26(22-49)58-23-27-29(16-11-20-45-27)59-30-18-17-28-31(46-37(51)33(48-55-4)32-36(43)60-40(44)47-32)38(52)50(28)34(30)39(53)56-35(24-12-7-5-8-13-24)25-14-9-6-10-15-25/h5-16,20,26,28,31,35H,17-19,21-23H2,1-4H3,(H2,44,47)(H,46,51). The highest BCUT2D eigenvalue weighted by molar-refractivity contribution is 8.03. The molecule has 2 aromatic heterocycles. The number of carbonyl (C=O) groups excluding carboxylic acids is 4. The third-order valence-electron chi connectivity index (χ3n) is 9.86. The van der Waals surface area contributed by atoms with E-state index in [0.29, 0.717) is 36.6 Å². The molecule has 4 aromatic rings. The summed E-state index contributed by atoms with van der Waals surface area (Å²) in [5.74, 6) is -1.35. The molecular weight excluding hydrogens is 846 g/mol. The van der Waals surface area contributed by atoms with Crippen LogP contribution in [-0.4, -0.2) is 92.5 Å². The van der Waals surface area contributed by atoms with Crippen molar-refractivity contribution >= 4 is 81.2 Å². The molecule has 2 saturated heterocycles. The molecule has 60 heavy (non-hydrogen) atoms. The number of carbonyl (C=O) groups is 4. The van der Waals surface area contributed by atoms with Crippen LogP contribution in [0.4, 0.5) is 9.93 Å². The smallest absolute Gasteiger partial charge is 0.410 e. The van der Waals surface area contributed by atoms with Crippen molar-refractivity contribution in [3.8, 4) is 0 Å². The van der Waals surface area contributed by atoms with Gasteiger partial charge < -0.3 is 30.3 Å². The van der Waals surface area contributed by atoms with Crippen molar-refractivity contribution in [1.29, 1.82) is 0 Å². The Morgan fingerprint density at radius 1 is 1.05 bits per heavy atom. The van der Waals surface area contributed by atoms with E-state index in [4.69, 9.17) is 36.6 Å². The van der Waals surface area contributed by atoms with E-state index in [0.717, 1.165) is 39.5 Å². The van der Waals surface area contributed by atoms with Crippen molar-refractivity contribution < 1.29 is 33.5 Å². The van der Waals surface area contributed by atoms with Crippen molar-refractivity contribution in [3.05, 3.63) is 116 Å². The number of amides is 3. The largest absolute Gasteiger partial charge is 0.448 e. The number of nitrogens with one attached hydrogen (secondary N) is 1. The Morgan fingerprint density at radius 2 is 1.75 bits per heavy atom. The number of β-lactam (4-membered cyclic amide) rings is 1. The monoisotopic (exact) mass is 889 g/mol. The lowest BCUT2D eigenvalue weighted by molar-refractivity contribution is -0.158. The molecule has 5 heterocycles. The fourth-order valence-electron chi connectivity index (χ4n) is 7.13. The maximum absolute atomic E-state index is 14.7. The van der Waals surface area contributed by atoms with Crippen LogP contribution in [0.15, 0.2) is 99.6 Å². The number of anilines is 1. The summed E-state index contributed by atoms with van der Waals surface area (Å²) in [4.78, 5) is 73.6. The number of nitrogens with zero attached hydrogens (tertiary/aromatic N) is 5. The van der Waals surface area contributed by atoms with E-state index in [1.165, 1.54) is 23.8 Å². The number of allylic oxidation sites excluding steroid dienone is 1. The van der Waals surface area contributed by atoms with Gasteiger partial charge in [-0.3, -0.25) is 19.5 Å². The minimum absolute atomic E-state index is 0.0280. The van der Waals surface area contributed by atoms with Crippen molar-refractivity contribution in [2.24, 2.45) is 5.16 Å². The highest BCUT2D eigenvalue weighted by Crippen LogP contribution is 2.45. The first-order valence-electron chi connectivity index (χ1n) is 19.2. The van der Waals surface area contributed by atoms with Gasteiger partial charge in [-0.1, -0.05) is 101 Å². The van der Waals surface area contributed by atoms with Crippen molar-refractivity contribution in [1.82, 2.24) is 25.1 Å². The second kappa shape index (κ2) is 18.7. The van der Waals surface area contributed by atoms with Crippen LogP contribution >= 0.6 is 46.5 Å². The number of hydrogen-bond donors (Lipinski definition) is 2. The molecule has 0 radical (unpaired) electrons. The van der Waals surface area contributed by atoms with E-state index in [1.54, 1.807) is 22.9 Å². The van der Waals surface area contributed by atoms with Gasteiger partial charge in [0.25, 0.3) is 11.8 Å². The van der Waals surface area contributed by atoms with Gasteiger partial charge in [-0.25, -0.2) is 14.6 Å². The number of nitrogens with two attached hydrogens (primary N) is 1. The molecule has 0 spiro atoms. The second-order valence-electron chi connectivity index (χ2n) is 15.1. The van der Waals surface area contributed by atoms with Crippen LogP contribution in [0, 0.1) is 0 Å². The summed E-state index contributed by atoms with van der Waals surface area (Å²) in [6, 6.07) is 21.0. The Balaban J connectivity index is 1.15. The van der Waals surface area contributed by atoms with Gasteiger partial charge >= 0.3 is 12.1 Å². The Bertz CT molecular complexity index is 2270. The lowest BCUT2D eigenvalue weighted by Crippen LogP contribution is -2.72.